The summed E-state index contributed by atoms with van der Waals surface area (Å²) in [5.41, 5.74) is 7.10. The van der Waals surface area contributed by atoms with Crippen LogP contribution in [0.15, 0.2) is 54.2 Å². The Morgan fingerprint density at radius 3 is 2.65 bits per heavy atom. The molecule has 2 aromatic rings. The summed E-state index contributed by atoms with van der Waals surface area (Å²) in [6.07, 6.45) is 1.89. The molecule has 0 amide bonds. The molecule has 0 saturated heterocycles. The molecule has 0 aliphatic heterocycles. The molecule has 2 N–H and O–H groups in total. The van der Waals surface area contributed by atoms with E-state index in [1.807, 2.05) is 42.5 Å². The minimum Gasteiger partial charge on any atom is -0.402 e. The number of ketones is 1. The number of benzene rings is 2. The molecule has 0 saturated carbocycles. The van der Waals surface area contributed by atoms with Gasteiger partial charge in [-0.05, 0) is 29.3 Å². The number of hydrogen-bond donors (Lipinski definition) is 1. The van der Waals surface area contributed by atoms with Crippen molar-refractivity contribution in [2.45, 2.75) is 13.3 Å². The third-order valence-corrected chi connectivity index (χ3v) is 2.63. The Labute approximate surface area is 101 Å². The van der Waals surface area contributed by atoms with Gasteiger partial charge in [0.1, 0.15) is 0 Å². The Morgan fingerprint density at radius 1 is 1.18 bits per heavy atom. The van der Waals surface area contributed by atoms with Gasteiger partial charge in [-0.15, -0.1) is 0 Å². The molecule has 0 aliphatic carbocycles. The van der Waals surface area contributed by atoms with E-state index in [1.54, 1.807) is 6.92 Å². The SMILES string of the molecule is C/C(N)=C/C(=O)Cc1cccc2ccccc12. The summed E-state index contributed by atoms with van der Waals surface area (Å²) in [6.45, 7) is 1.72. The topological polar surface area (TPSA) is 43.1 Å². The van der Waals surface area contributed by atoms with E-state index in [2.05, 4.69) is 0 Å². The van der Waals surface area contributed by atoms with E-state index in [0.717, 1.165) is 16.3 Å². The van der Waals surface area contributed by atoms with Gasteiger partial charge in [0.05, 0.1) is 0 Å². The standard InChI is InChI=1S/C15H15NO/c1-11(16)9-14(17)10-13-7-4-6-12-5-2-3-8-15(12)13/h2-9H,10,16H2,1H3/b11-9-. The normalized spacial score (nSPS) is 11.7. The summed E-state index contributed by atoms with van der Waals surface area (Å²) in [7, 11) is 0. The van der Waals surface area contributed by atoms with Crippen molar-refractivity contribution in [1.29, 1.82) is 0 Å². The zero-order valence-electron chi connectivity index (χ0n) is 9.81. The van der Waals surface area contributed by atoms with E-state index in [0.29, 0.717) is 12.1 Å². The van der Waals surface area contributed by atoms with Crippen molar-refractivity contribution >= 4 is 16.6 Å². The smallest absolute Gasteiger partial charge is 0.161 e. The lowest BCUT2D eigenvalue weighted by Gasteiger charge is -2.04. The summed E-state index contributed by atoms with van der Waals surface area (Å²) < 4.78 is 0. The number of fused-ring (bicyclic) bond motifs is 1. The predicted octanol–water partition coefficient (Wildman–Crippen LogP) is 2.81. The lowest BCUT2D eigenvalue weighted by Crippen LogP contribution is -2.03. The zero-order valence-corrected chi connectivity index (χ0v) is 9.81. The van der Waals surface area contributed by atoms with Crippen LogP contribution in [0.4, 0.5) is 0 Å². The molecule has 17 heavy (non-hydrogen) atoms. The van der Waals surface area contributed by atoms with Crippen LogP contribution in [0.5, 0.6) is 0 Å². The molecule has 0 aliphatic rings. The third kappa shape index (κ3) is 2.72. The van der Waals surface area contributed by atoms with Crippen LogP contribution in [-0.2, 0) is 11.2 Å². The molecule has 0 aromatic heterocycles. The van der Waals surface area contributed by atoms with Gasteiger partial charge in [-0.3, -0.25) is 4.79 Å². The highest BCUT2D eigenvalue weighted by Gasteiger charge is 2.04. The fourth-order valence-electron chi connectivity index (χ4n) is 1.94. The zero-order chi connectivity index (χ0) is 12.3. The summed E-state index contributed by atoms with van der Waals surface area (Å²) in [6, 6.07) is 14.1. The summed E-state index contributed by atoms with van der Waals surface area (Å²) in [5, 5.41) is 2.29. The van der Waals surface area contributed by atoms with Gasteiger partial charge in [0.15, 0.2) is 5.78 Å². The van der Waals surface area contributed by atoms with E-state index in [1.165, 1.54) is 6.08 Å². The number of carbonyl (C=O) groups excluding carboxylic acids is 1. The summed E-state index contributed by atoms with van der Waals surface area (Å²) in [4.78, 5) is 11.7. The van der Waals surface area contributed by atoms with Gasteiger partial charge in [-0.2, -0.15) is 0 Å². The molecular weight excluding hydrogens is 210 g/mol. The average molecular weight is 225 g/mol. The maximum Gasteiger partial charge on any atom is 0.161 e. The van der Waals surface area contributed by atoms with Crippen LogP contribution in [-0.4, -0.2) is 5.78 Å². The molecule has 0 spiro atoms. The highest BCUT2D eigenvalue weighted by molar-refractivity contribution is 5.96. The first kappa shape index (κ1) is 11.4. The maximum atomic E-state index is 11.7. The van der Waals surface area contributed by atoms with Gasteiger partial charge < -0.3 is 5.73 Å². The van der Waals surface area contributed by atoms with E-state index >= 15 is 0 Å². The van der Waals surface area contributed by atoms with E-state index in [4.69, 9.17) is 5.73 Å². The highest BCUT2D eigenvalue weighted by Crippen LogP contribution is 2.19. The van der Waals surface area contributed by atoms with Crippen molar-refractivity contribution in [1.82, 2.24) is 0 Å². The van der Waals surface area contributed by atoms with E-state index in [9.17, 15) is 4.79 Å². The Balaban J connectivity index is 2.36. The minimum atomic E-state index is 0.0429. The molecule has 0 unspecified atom stereocenters. The van der Waals surface area contributed by atoms with Crippen LogP contribution in [0.25, 0.3) is 10.8 Å². The van der Waals surface area contributed by atoms with E-state index in [-0.39, 0.29) is 5.78 Å². The quantitative estimate of drug-likeness (QED) is 0.816. The molecule has 0 bridgehead atoms. The molecule has 86 valence electrons. The van der Waals surface area contributed by atoms with Gasteiger partial charge in [0.25, 0.3) is 0 Å². The van der Waals surface area contributed by atoms with Crippen LogP contribution < -0.4 is 5.73 Å². The molecule has 2 heteroatoms. The van der Waals surface area contributed by atoms with Crippen molar-refractivity contribution in [3.8, 4) is 0 Å². The van der Waals surface area contributed by atoms with Crippen LogP contribution in [0.2, 0.25) is 0 Å². The second-order valence-electron chi connectivity index (χ2n) is 4.17. The first-order valence-corrected chi connectivity index (χ1v) is 5.60. The van der Waals surface area contributed by atoms with Crippen LogP contribution in [0, 0.1) is 0 Å². The first-order chi connectivity index (χ1) is 8.16. The van der Waals surface area contributed by atoms with Crippen molar-refractivity contribution in [3.63, 3.8) is 0 Å². The molecule has 2 nitrogen and oxygen atoms in total. The number of rotatable bonds is 3. The Kier molecular flexibility index (Phi) is 3.24. The minimum absolute atomic E-state index is 0.0429. The lowest BCUT2D eigenvalue weighted by molar-refractivity contribution is -0.114. The molecule has 0 fully saturated rings. The number of nitrogens with two attached hydrogens (primary N) is 1. The second-order valence-corrected chi connectivity index (χ2v) is 4.17. The average Bonchev–Trinajstić information content (AvgIpc) is 2.28. The Bertz CT molecular complexity index is 575. The summed E-state index contributed by atoms with van der Waals surface area (Å²) >= 11 is 0. The maximum absolute atomic E-state index is 11.7. The summed E-state index contributed by atoms with van der Waals surface area (Å²) in [5.74, 6) is 0.0429. The molecular formula is C15H15NO. The first-order valence-electron chi connectivity index (χ1n) is 5.60. The second kappa shape index (κ2) is 4.83. The van der Waals surface area contributed by atoms with E-state index < -0.39 is 0 Å². The van der Waals surface area contributed by atoms with Crippen LogP contribution in [0.3, 0.4) is 0 Å². The predicted molar refractivity (Wildman–Crippen MR) is 70.6 cm³/mol. The van der Waals surface area contributed by atoms with Crippen molar-refractivity contribution < 1.29 is 4.79 Å². The van der Waals surface area contributed by atoms with Crippen molar-refractivity contribution in [2.75, 3.05) is 0 Å². The fraction of sp³-hybridized carbons (Fsp3) is 0.133. The monoisotopic (exact) mass is 225 g/mol. The molecule has 0 heterocycles. The lowest BCUT2D eigenvalue weighted by atomic mass is 10.0. The number of allylic oxidation sites excluding steroid dienone is 2. The largest absolute Gasteiger partial charge is 0.402 e. The Morgan fingerprint density at radius 2 is 1.88 bits per heavy atom. The third-order valence-electron chi connectivity index (χ3n) is 2.63. The molecule has 0 radical (unpaired) electrons. The van der Waals surface area contributed by atoms with Gasteiger partial charge in [-0.1, -0.05) is 42.5 Å². The van der Waals surface area contributed by atoms with Gasteiger partial charge in [0, 0.05) is 12.1 Å². The highest BCUT2D eigenvalue weighted by atomic mass is 16.1. The van der Waals surface area contributed by atoms with Gasteiger partial charge in [-0.25, -0.2) is 0 Å². The molecule has 2 aromatic carbocycles. The van der Waals surface area contributed by atoms with Crippen LogP contribution >= 0.6 is 0 Å². The van der Waals surface area contributed by atoms with Crippen molar-refractivity contribution in [2.24, 2.45) is 5.73 Å². The van der Waals surface area contributed by atoms with Gasteiger partial charge in [0.2, 0.25) is 0 Å². The number of hydrogen-bond acceptors (Lipinski definition) is 2. The number of carbonyl (C=O) groups is 1. The van der Waals surface area contributed by atoms with Crippen molar-refractivity contribution in [3.05, 3.63) is 59.8 Å². The Hall–Kier alpha value is -2.09. The fourth-order valence-corrected chi connectivity index (χ4v) is 1.94. The van der Waals surface area contributed by atoms with Gasteiger partial charge >= 0.3 is 0 Å². The van der Waals surface area contributed by atoms with Crippen LogP contribution in [0.1, 0.15) is 12.5 Å². The molecule has 2 rings (SSSR count). The molecule has 0 atom stereocenters.